The third-order valence-electron chi connectivity index (χ3n) is 4.59. The Bertz CT molecular complexity index is 972. The minimum Gasteiger partial charge on any atom is -0.468 e. The summed E-state index contributed by atoms with van der Waals surface area (Å²) >= 11 is 0. The molecule has 0 bridgehead atoms. The highest BCUT2D eigenvalue weighted by molar-refractivity contribution is 7.49. The number of rotatable bonds is 9. The van der Waals surface area contributed by atoms with Crippen LogP contribution in [0.2, 0.25) is 0 Å². The lowest BCUT2D eigenvalue weighted by atomic mass is 9.78. The first-order valence-electron chi connectivity index (χ1n) is 10.1. The zero-order chi connectivity index (χ0) is 24.2. The molecule has 0 saturated heterocycles. The van der Waals surface area contributed by atoms with Gasteiger partial charge in [-0.2, -0.15) is 0 Å². The van der Waals surface area contributed by atoms with Crippen molar-refractivity contribution >= 4 is 19.5 Å². The Labute approximate surface area is 187 Å². The summed E-state index contributed by atoms with van der Waals surface area (Å²) in [6.07, 6.45) is -0.954. The van der Waals surface area contributed by atoms with E-state index in [1.54, 1.807) is 52.8 Å². The van der Waals surface area contributed by atoms with Crippen LogP contribution in [0, 0.1) is 16.0 Å². The predicted molar refractivity (Wildman–Crippen MR) is 118 cm³/mol. The second-order valence-electron chi connectivity index (χ2n) is 7.84. The molecule has 0 N–H and O–H groups in total. The van der Waals surface area contributed by atoms with Crippen molar-refractivity contribution in [3.8, 4) is 5.75 Å². The zero-order valence-electron chi connectivity index (χ0n) is 19.2. The van der Waals surface area contributed by atoms with Gasteiger partial charge in [-0.3, -0.25) is 28.9 Å². The molecule has 1 heterocycles. The highest BCUT2D eigenvalue weighted by Gasteiger charge is 2.47. The van der Waals surface area contributed by atoms with E-state index in [4.69, 9.17) is 18.3 Å². The molecule has 0 aliphatic carbocycles. The van der Waals surface area contributed by atoms with Crippen LogP contribution in [0.1, 0.15) is 53.0 Å². The van der Waals surface area contributed by atoms with E-state index < -0.39 is 42.8 Å². The maximum atomic E-state index is 13.3. The summed E-state index contributed by atoms with van der Waals surface area (Å²) in [7, 11) is -2.89. The number of phosphoric acid groups is 1. The van der Waals surface area contributed by atoms with Gasteiger partial charge in [-0.05, 0) is 47.6 Å². The van der Waals surface area contributed by atoms with Gasteiger partial charge in [-0.1, -0.05) is 18.2 Å². The van der Waals surface area contributed by atoms with E-state index in [2.05, 4.69) is 4.99 Å². The minimum absolute atomic E-state index is 0.0397. The number of para-hydroxylation sites is 1. The van der Waals surface area contributed by atoms with E-state index in [9.17, 15) is 19.5 Å². The summed E-state index contributed by atoms with van der Waals surface area (Å²) < 4.78 is 34.9. The zero-order valence-corrected chi connectivity index (χ0v) is 20.1. The number of hydrogen-bond donors (Lipinski definition) is 0. The van der Waals surface area contributed by atoms with Crippen LogP contribution in [0.4, 0.5) is 0 Å². The molecule has 10 nitrogen and oxygen atoms in total. The standard InChI is InChI=1S/C21H29N2O8P/c1-12(2)29-32(27,30-13(3)4)31-17-11-9-8-10-16(17)19-18(21(24)28-7)14(5)22-15(6)20(19)23(25)26/h8-13,18-19H,1-7H3/t18?,19-/m1/s1. The SMILES string of the molecule is COC(=O)C1C(C)=NC(C)=C([N+](=O)[O-])[C@@H]1c1ccccc1OP(=O)(OC(C)C)OC(C)C. The van der Waals surface area contributed by atoms with Crippen LogP contribution in [0.5, 0.6) is 5.75 Å². The molecule has 1 aliphatic heterocycles. The van der Waals surface area contributed by atoms with Crippen molar-refractivity contribution in [2.75, 3.05) is 7.11 Å². The average Bonchev–Trinajstić information content (AvgIpc) is 2.65. The Morgan fingerprint density at radius 1 is 1.12 bits per heavy atom. The number of nitrogens with zero attached hydrogens (tertiary/aromatic N) is 2. The van der Waals surface area contributed by atoms with Gasteiger partial charge < -0.3 is 9.26 Å². The Morgan fingerprint density at radius 3 is 2.19 bits per heavy atom. The van der Waals surface area contributed by atoms with Crippen LogP contribution < -0.4 is 4.52 Å². The van der Waals surface area contributed by atoms with Gasteiger partial charge in [0.2, 0.25) is 0 Å². The molecule has 1 aromatic carbocycles. The quantitative estimate of drug-likeness (QED) is 0.217. The van der Waals surface area contributed by atoms with Crippen molar-refractivity contribution < 1.29 is 32.6 Å². The number of phosphoric ester groups is 1. The summed E-state index contributed by atoms with van der Waals surface area (Å²) in [4.78, 5) is 28.2. The van der Waals surface area contributed by atoms with Crippen LogP contribution >= 0.6 is 7.82 Å². The predicted octanol–water partition coefficient (Wildman–Crippen LogP) is 4.88. The number of benzene rings is 1. The highest BCUT2D eigenvalue weighted by atomic mass is 31.2. The van der Waals surface area contributed by atoms with Crippen molar-refractivity contribution in [1.82, 2.24) is 0 Å². The molecular weight excluding hydrogens is 439 g/mol. The smallest absolute Gasteiger partial charge is 0.468 e. The Kier molecular flexibility index (Phi) is 8.34. The number of hydrogen-bond acceptors (Lipinski definition) is 9. The topological polar surface area (TPSA) is 127 Å². The van der Waals surface area contributed by atoms with Gasteiger partial charge in [0.25, 0.3) is 5.70 Å². The van der Waals surface area contributed by atoms with E-state index in [1.165, 1.54) is 20.1 Å². The first kappa shape index (κ1) is 25.7. The summed E-state index contributed by atoms with van der Waals surface area (Å²) in [5.41, 5.74) is 0.516. The van der Waals surface area contributed by atoms with Gasteiger partial charge in [0.1, 0.15) is 17.4 Å². The highest BCUT2D eigenvalue weighted by Crippen LogP contribution is 2.54. The normalized spacial score (nSPS) is 19.2. The molecule has 0 fully saturated rings. The van der Waals surface area contributed by atoms with Crippen LogP contribution in [0.15, 0.2) is 40.7 Å². The molecule has 0 spiro atoms. The molecule has 11 heteroatoms. The van der Waals surface area contributed by atoms with E-state index in [-0.39, 0.29) is 22.7 Å². The molecule has 176 valence electrons. The van der Waals surface area contributed by atoms with Crippen molar-refractivity contribution in [2.45, 2.75) is 59.7 Å². The lowest BCUT2D eigenvalue weighted by molar-refractivity contribution is -0.432. The fraction of sp³-hybridized carbons (Fsp3) is 0.524. The molecule has 2 atom stereocenters. The van der Waals surface area contributed by atoms with E-state index in [1.807, 2.05) is 0 Å². The molecule has 1 aromatic rings. The molecule has 32 heavy (non-hydrogen) atoms. The molecular formula is C21H29N2O8P. The van der Waals surface area contributed by atoms with Crippen LogP contribution in [-0.4, -0.2) is 35.9 Å². The van der Waals surface area contributed by atoms with Gasteiger partial charge in [0.05, 0.1) is 30.2 Å². The van der Waals surface area contributed by atoms with Crippen LogP contribution in [0.25, 0.3) is 0 Å². The lowest BCUT2D eigenvalue weighted by Gasteiger charge is -2.29. The molecule has 0 saturated carbocycles. The summed E-state index contributed by atoms with van der Waals surface area (Å²) in [6, 6.07) is 6.33. The van der Waals surface area contributed by atoms with E-state index >= 15 is 0 Å². The van der Waals surface area contributed by atoms with Crippen LogP contribution in [-0.2, 0) is 23.1 Å². The minimum atomic E-state index is -4.09. The number of aliphatic imine (C=N–C) groups is 1. The van der Waals surface area contributed by atoms with Crippen LogP contribution in [0.3, 0.4) is 0 Å². The third kappa shape index (κ3) is 5.82. The largest absolute Gasteiger partial charge is 0.530 e. The number of allylic oxidation sites excluding steroid dienone is 2. The van der Waals surface area contributed by atoms with Crippen molar-refractivity contribution in [1.29, 1.82) is 0 Å². The van der Waals surface area contributed by atoms with Gasteiger partial charge in [-0.25, -0.2) is 4.57 Å². The average molecular weight is 468 g/mol. The number of ether oxygens (including phenoxy) is 1. The van der Waals surface area contributed by atoms with Gasteiger partial charge in [0, 0.05) is 11.3 Å². The van der Waals surface area contributed by atoms with E-state index in [0.717, 1.165) is 0 Å². The number of esters is 1. The van der Waals surface area contributed by atoms with Gasteiger partial charge in [-0.15, -0.1) is 0 Å². The molecule has 0 amide bonds. The van der Waals surface area contributed by atoms with Gasteiger partial charge >= 0.3 is 13.8 Å². The van der Waals surface area contributed by atoms with Gasteiger partial charge in [0.15, 0.2) is 0 Å². The number of nitro groups is 1. The van der Waals surface area contributed by atoms with Crippen molar-refractivity contribution in [3.63, 3.8) is 0 Å². The maximum Gasteiger partial charge on any atom is 0.530 e. The van der Waals surface area contributed by atoms with Crippen molar-refractivity contribution in [3.05, 3.63) is 51.3 Å². The number of carbonyl (C=O) groups is 1. The summed E-state index contributed by atoms with van der Waals surface area (Å²) in [6.45, 7) is 9.81. The Morgan fingerprint density at radius 2 is 1.69 bits per heavy atom. The molecule has 1 unspecified atom stereocenters. The fourth-order valence-corrected chi connectivity index (χ4v) is 5.12. The second-order valence-corrected chi connectivity index (χ2v) is 9.34. The first-order valence-corrected chi connectivity index (χ1v) is 11.6. The second kappa shape index (κ2) is 10.4. The summed E-state index contributed by atoms with van der Waals surface area (Å²) in [5, 5.41) is 12.0. The molecule has 2 rings (SSSR count). The monoisotopic (exact) mass is 468 g/mol. The number of carbonyl (C=O) groups excluding carboxylic acids is 1. The molecule has 0 radical (unpaired) electrons. The molecule has 0 aromatic heterocycles. The lowest BCUT2D eigenvalue weighted by Crippen LogP contribution is -2.35. The third-order valence-corrected chi connectivity index (χ3v) is 6.37. The Hall–Kier alpha value is -2.55. The summed E-state index contributed by atoms with van der Waals surface area (Å²) in [5.74, 6) is -2.79. The first-order chi connectivity index (χ1) is 14.9. The van der Waals surface area contributed by atoms with Crippen molar-refractivity contribution in [2.24, 2.45) is 10.9 Å². The number of methoxy groups -OCH3 is 1. The molecule has 1 aliphatic rings. The fourth-order valence-electron chi connectivity index (χ4n) is 3.55. The Balaban J connectivity index is 2.68. The van der Waals surface area contributed by atoms with E-state index in [0.29, 0.717) is 5.71 Å². The maximum absolute atomic E-state index is 13.3.